The Morgan fingerprint density at radius 2 is 2.17 bits per heavy atom. The van der Waals surface area contributed by atoms with Gasteiger partial charge in [0.25, 0.3) is 0 Å². The molecule has 0 spiro atoms. The van der Waals surface area contributed by atoms with E-state index in [1.165, 1.54) is 30.7 Å². The zero-order valence-corrected chi connectivity index (χ0v) is 18.2. The Labute approximate surface area is 179 Å². The van der Waals surface area contributed by atoms with Crippen molar-refractivity contribution in [3.8, 4) is 0 Å². The van der Waals surface area contributed by atoms with Crippen LogP contribution in [-0.4, -0.2) is 82.2 Å². The van der Waals surface area contributed by atoms with Crippen molar-refractivity contribution in [2.75, 3.05) is 20.2 Å². The molecule has 2 amide bonds. The third-order valence-electron chi connectivity index (χ3n) is 5.82. The highest BCUT2D eigenvalue weighted by molar-refractivity contribution is 8.03. The molecule has 3 rings (SSSR count). The molecule has 11 heteroatoms. The summed E-state index contributed by atoms with van der Waals surface area (Å²) in [5.74, 6) is -2.36. The number of thioether (sulfide) groups is 1. The molecule has 0 aromatic heterocycles. The van der Waals surface area contributed by atoms with Gasteiger partial charge in [-0.2, -0.15) is 0 Å². The van der Waals surface area contributed by atoms with Crippen LogP contribution in [0.25, 0.3) is 0 Å². The van der Waals surface area contributed by atoms with E-state index in [1.54, 1.807) is 6.92 Å². The molecule has 0 bridgehead atoms. The lowest BCUT2D eigenvalue weighted by Gasteiger charge is -2.46. The zero-order valence-electron chi connectivity index (χ0n) is 17.4. The van der Waals surface area contributed by atoms with Crippen LogP contribution in [0.1, 0.15) is 27.2 Å². The number of aliphatic hydroxyl groups is 1. The molecule has 0 saturated carbocycles. The highest BCUT2D eigenvalue weighted by Gasteiger charge is 2.60. The quantitative estimate of drug-likeness (QED) is 0.230. The minimum atomic E-state index is -1.13. The number of carbonyl (C=O) groups is 3. The van der Waals surface area contributed by atoms with Crippen LogP contribution in [0.4, 0.5) is 0 Å². The number of amides is 2. The van der Waals surface area contributed by atoms with E-state index in [0.717, 1.165) is 0 Å². The number of hydrogen-bond donors (Lipinski definition) is 4. The first-order valence-corrected chi connectivity index (χ1v) is 10.8. The maximum absolute atomic E-state index is 12.5. The van der Waals surface area contributed by atoms with Gasteiger partial charge in [0.2, 0.25) is 11.8 Å². The lowest BCUT2D eigenvalue weighted by molar-refractivity contribution is -0.163. The summed E-state index contributed by atoms with van der Waals surface area (Å²) in [4.78, 5) is 42.5. The van der Waals surface area contributed by atoms with Crippen molar-refractivity contribution in [1.29, 1.82) is 0 Å². The van der Waals surface area contributed by atoms with E-state index in [4.69, 9.17) is 4.84 Å². The van der Waals surface area contributed by atoms with Gasteiger partial charge in [-0.3, -0.25) is 9.59 Å². The van der Waals surface area contributed by atoms with Gasteiger partial charge in [-0.25, -0.2) is 4.79 Å². The number of carboxylic acid groups (broad SMARTS) is 1. The van der Waals surface area contributed by atoms with E-state index in [2.05, 4.69) is 15.8 Å². The lowest BCUT2D eigenvalue weighted by atomic mass is 9.79. The minimum absolute atomic E-state index is 0.0341. The van der Waals surface area contributed by atoms with Gasteiger partial charge in [-0.05, 0) is 13.3 Å². The fourth-order valence-electron chi connectivity index (χ4n) is 4.46. The smallest absolute Gasteiger partial charge is 0.353 e. The summed E-state index contributed by atoms with van der Waals surface area (Å²) in [6.07, 6.45) is -0.145. The molecule has 0 aromatic rings. The molecule has 2 fully saturated rings. The Bertz CT molecular complexity index is 798. The van der Waals surface area contributed by atoms with Gasteiger partial charge in [-0.15, -0.1) is 11.8 Å². The Morgan fingerprint density at radius 1 is 1.47 bits per heavy atom. The maximum Gasteiger partial charge on any atom is 0.353 e. The van der Waals surface area contributed by atoms with Crippen molar-refractivity contribution >= 4 is 35.3 Å². The summed E-state index contributed by atoms with van der Waals surface area (Å²) < 4.78 is 0. The predicted molar refractivity (Wildman–Crippen MR) is 111 cm³/mol. The maximum atomic E-state index is 12.5. The number of aliphatic hydroxyl groups excluding tert-OH is 1. The average Bonchev–Trinajstić information content (AvgIpc) is 3.21. The van der Waals surface area contributed by atoms with Crippen molar-refractivity contribution in [2.24, 2.45) is 17.0 Å². The highest BCUT2D eigenvalue weighted by Crippen LogP contribution is 2.51. The van der Waals surface area contributed by atoms with E-state index in [9.17, 15) is 24.6 Å². The number of hydrogen-bond acceptors (Lipinski definition) is 8. The molecule has 2 saturated heterocycles. The minimum Gasteiger partial charge on any atom is -0.477 e. The fraction of sp³-hybridized carbons (Fsp3) is 0.684. The van der Waals surface area contributed by atoms with Crippen molar-refractivity contribution in [1.82, 2.24) is 15.5 Å². The van der Waals surface area contributed by atoms with E-state index in [-0.39, 0.29) is 47.3 Å². The molecule has 166 valence electrons. The molecule has 0 aliphatic carbocycles. The number of carbonyl (C=O) groups excluding carboxylic acids is 2. The average molecular weight is 441 g/mol. The van der Waals surface area contributed by atoms with Gasteiger partial charge in [0, 0.05) is 29.5 Å². The summed E-state index contributed by atoms with van der Waals surface area (Å²) in [6, 6.07) is -0.426. The van der Waals surface area contributed by atoms with Crippen LogP contribution in [0.2, 0.25) is 0 Å². The molecule has 3 aliphatic rings. The monoisotopic (exact) mass is 440 g/mol. The molecule has 0 radical (unpaired) electrons. The number of nitrogens with one attached hydrogen (secondary N) is 2. The number of carboxylic acids is 1. The molecule has 0 unspecified atom stereocenters. The van der Waals surface area contributed by atoms with Crippen LogP contribution in [0.3, 0.4) is 0 Å². The summed E-state index contributed by atoms with van der Waals surface area (Å²) in [6.45, 7) is 5.79. The summed E-state index contributed by atoms with van der Waals surface area (Å²) in [7, 11) is 1.44. The van der Waals surface area contributed by atoms with E-state index in [1.807, 2.05) is 6.92 Å². The van der Waals surface area contributed by atoms with Crippen molar-refractivity contribution in [3.05, 3.63) is 10.6 Å². The van der Waals surface area contributed by atoms with Crippen LogP contribution in [0.5, 0.6) is 0 Å². The molecule has 6 atom stereocenters. The second-order valence-corrected chi connectivity index (χ2v) is 9.23. The molecular weight excluding hydrogens is 412 g/mol. The first kappa shape index (κ1) is 22.6. The van der Waals surface area contributed by atoms with Crippen LogP contribution in [0, 0.1) is 11.8 Å². The number of oxime groups is 1. The molecule has 3 heterocycles. The molecule has 10 nitrogen and oxygen atoms in total. The van der Waals surface area contributed by atoms with Crippen molar-refractivity contribution in [2.45, 2.75) is 50.6 Å². The first-order valence-electron chi connectivity index (χ1n) is 9.90. The molecule has 3 aliphatic heterocycles. The number of nitrogens with zero attached hydrogens (tertiary/aromatic N) is 2. The number of β-lactam (4-membered cyclic amide) rings is 1. The van der Waals surface area contributed by atoms with Crippen LogP contribution < -0.4 is 10.6 Å². The number of rotatable bonds is 8. The molecule has 0 aromatic carbocycles. The van der Waals surface area contributed by atoms with Crippen LogP contribution >= 0.6 is 11.8 Å². The lowest BCUT2D eigenvalue weighted by Crippen LogP contribution is -2.63. The van der Waals surface area contributed by atoms with E-state index in [0.29, 0.717) is 23.6 Å². The van der Waals surface area contributed by atoms with Crippen LogP contribution in [0.15, 0.2) is 15.8 Å². The van der Waals surface area contributed by atoms with Crippen molar-refractivity contribution < 1.29 is 29.4 Å². The number of aliphatic carboxylic acids is 1. The SMILES string of the molecule is CO/N=C(\CNC(C)=O)[C@@H]1C[C@H](SC2=C(C(=O)O)N3C(=O)[C@H]([C@@H](C)O)[C@H]3[C@H]2C)CN1. The summed E-state index contributed by atoms with van der Waals surface area (Å²) in [5.41, 5.74) is 0.697. The van der Waals surface area contributed by atoms with Gasteiger partial charge in [-0.1, -0.05) is 12.1 Å². The Balaban J connectivity index is 1.73. The normalized spacial score (nSPS) is 32.0. The van der Waals surface area contributed by atoms with E-state index < -0.39 is 18.0 Å². The summed E-state index contributed by atoms with van der Waals surface area (Å²) in [5, 5.41) is 29.9. The van der Waals surface area contributed by atoms with Gasteiger partial charge < -0.3 is 30.6 Å². The van der Waals surface area contributed by atoms with E-state index >= 15 is 0 Å². The fourth-order valence-corrected chi connectivity index (χ4v) is 5.94. The summed E-state index contributed by atoms with van der Waals surface area (Å²) >= 11 is 1.46. The van der Waals surface area contributed by atoms with Gasteiger partial charge in [0.05, 0.1) is 36.4 Å². The molecular formula is C19H28N4O6S. The highest BCUT2D eigenvalue weighted by atomic mass is 32.2. The molecule has 4 N–H and O–H groups in total. The third-order valence-corrected chi connectivity index (χ3v) is 7.34. The zero-order chi connectivity index (χ0) is 22.2. The Kier molecular flexibility index (Phi) is 6.73. The third kappa shape index (κ3) is 4.06. The van der Waals surface area contributed by atoms with Gasteiger partial charge in [0.15, 0.2) is 0 Å². The molecule has 30 heavy (non-hydrogen) atoms. The van der Waals surface area contributed by atoms with Crippen molar-refractivity contribution in [3.63, 3.8) is 0 Å². The largest absolute Gasteiger partial charge is 0.477 e. The Morgan fingerprint density at radius 3 is 2.73 bits per heavy atom. The van der Waals surface area contributed by atoms with Gasteiger partial charge in [0.1, 0.15) is 12.8 Å². The second kappa shape index (κ2) is 8.94. The topological polar surface area (TPSA) is 141 Å². The number of fused-ring (bicyclic) bond motifs is 1. The predicted octanol–water partition coefficient (Wildman–Crippen LogP) is -0.258. The van der Waals surface area contributed by atoms with Gasteiger partial charge >= 0.3 is 5.97 Å². The standard InChI is InChI=1S/C19H28N4O6S/c1-8-15-14(9(2)24)18(26)23(15)16(19(27)28)17(8)30-11-5-12(21-6-11)13(22-29-4)7-20-10(3)25/h8-9,11-12,14-15,21,24H,5-7H2,1-4H3,(H,20,25)(H,27,28)/b22-13+/t8-,9-,11+,12+,14-,15-/m1/s1. The second-order valence-electron chi connectivity index (χ2n) is 7.88. The van der Waals surface area contributed by atoms with Crippen LogP contribution in [-0.2, 0) is 19.2 Å². The Hall–Kier alpha value is -2.11. The first-order chi connectivity index (χ1) is 14.2.